The fraction of sp³-hybridized carbons (Fsp3) is 0.318. The van der Waals surface area contributed by atoms with Gasteiger partial charge in [0, 0.05) is 33.9 Å². The molecule has 0 spiro atoms. The second kappa shape index (κ2) is 10.3. The van der Waals surface area contributed by atoms with Crippen molar-refractivity contribution in [1.82, 2.24) is 0 Å². The number of nitrogens with one attached hydrogen (secondary N) is 1. The highest BCUT2D eigenvalue weighted by Gasteiger charge is 2.36. The third-order valence-electron chi connectivity index (χ3n) is 5.09. The number of amides is 1. The lowest BCUT2D eigenvalue weighted by Crippen LogP contribution is -2.34. The molecular weight excluding hydrogens is 486 g/mol. The van der Waals surface area contributed by atoms with Crippen LogP contribution in [-0.2, 0) is 14.6 Å². The van der Waals surface area contributed by atoms with Gasteiger partial charge >= 0.3 is 11.8 Å². The van der Waals surface area contributed by atoms with Gasteiger partial charge in [0.05, 0.1) is 22.8 Å². The molecule has 3 rings (SSSR count). The van der Waals surface area contributed by atoms with Crippen molar-refractivity contribution in [2.24, 2.45) is 0 Å². The Morgan fingerprint density at radius 1 is 1.29 bits per heavy atom. The van der Waals surface area contributed by atoms with Gasteiger partial charge in [-0.05, 0) is 45.4 Å². The molecule has 1 aliphatic rings. The Kier molecular flexibility index (Phi) is 7.68. The first-order valence-corrected chi connectivity index (χ1v) is 11.0. The third kappa shape index (κ3) is 5.60. The van der Waals surface area contributed by atoms with Crippen LogP contribution in [0.3, 0.4) is 0 Å². The number of ether oxygens (including phenoxy) is 2. The molecule has 10 nitrogen and oxygen atoms in total. The van der Waals surface area contributed by atoms with Crippen molar-refractivity contribution in [3.05, 3.63) is 56.6 Å². The summed E-state index contributed by atoms with van der Waals surface area (Å²) in [6.07, 6.45) is 1.91. The van der Waals surface area contributed by atoms with E-state index in [0.29, 0.717) is 40.4 Å². The van der Waals surface area contributed by atoms with E-state index in [4.69, 9.17) is 25.4 Å². The number of benzene rings is 2. The number of halogens is 1. The molecule has 0 fully saturated rings. The van der Waals surface area contributed by atoms with Crippen LogP contribution in [-0.4, -0.2) is 34.4 Å². The maximum absolute atomic E-state index is 11.9. The molecule has 0 aliphatic carbocycles. The van der Waals surface area contributed by atoms with Gasteiger partial charge in [0.2, 0.25) is 6.21 Å². The SMILES string of the molecule is CC(=O)c1cc(Cl)ccc1[N+](=CCCCOc1cc2c(cc1[N+](=O)[O-])NC(=O)OC2(C)C)OS. The number of Topliss-reactive ketones (excluding diaryl/α,β-unsaturated/α-hetero) is 1. The number of nitrogens with zero attached hydrogens (tertiary/aromatic N) is 2. The van der Waals surface area contributed by atoms with Crippen LogP contribution in [0.5, 0.6) is 5.75 Å². The molecule has 1 aliphatic heterocycles. The predicted octanol–water partition coefficient (Wildman–Crippen LogP) is 5.60. The summed E-state index contributed by atoms with van der Waals surface area (Å²) in [5.74, 6) is -0.122. The number of cyclic esters (lactones) is 1. The summed E-state index contributed by atoms with van der Waals surface area (Å²) in [6.45, 7) is 4.95. The first-order chi connectivity index (χ1) is 16.0. The smallest absolute Gasteiger partial charge is 0.412 e. The first kappa shape index (κ1) is 25.3. The van der Waals surface area contributed by atoms with Crippen LogP contribution in [0.15, 0.2) is 30.3 Å². The number of carbonyl (C=O) groups excluding carboxylic acids is 2. The topological polar surface area (TPSA) is 120 Å². The second-order valence-corrected chi connectivity index (χ2v) is 8.55. The normalized spacial score (nSPS) is 14.5. The van der Waals surface area contributed by atoms with E-state index >= 15 is 0 Å². The molecule has 180 valence electrons. The average molecular weight is 509 g/mol. The summed E-state index contributed by atoms with van der Waals surface area (Å²) in [4.78, 5) is 34.6. The van der Waals surface area contributed by atoms with Crippen molar-refractivity contribution in [2.45, 2.75) is 39.2 Å². The van der Waals surface area contributed by atoms with Crippen molar-refractivity contribution >= 4 is 59.7 Å². The third-order valence-corrected chi connectivity index (χ3v) is 5.50. The maximum atomic E-state index is 11.9. The molecule has 0 aromatic heterocycles. The number of rotatable bonds is 9. The number of thiol groups is 1. The van der Waals surface area contributed by atoms with Crippen LogP contribution in [0.4, 0.5) is 21.9 Å². The van der Waals surface area contributed by atoms with Crippen LogP contribution in [0.2, 0.25) is 5.02 Å². The summed E-state index contributed by atoms with van der Waals surface area (Å²) < 4.78 is 17.4. The van der Waals surface area contributed by atoms with Crippen LogP contribution in [0.25, 0.3) is 0 Å². The Morgan fingerprint density at radius 3 is 2.68 bits per heavy atom. The lowest BCUT2D eigenvalue weighted by molar-refractivity contribution is -0.672. The Labute approximate surface area is 206 Å². The van der Waals surface area contributed by atoms with Crippen LogP contribution in [0.1, 0.15) is 49.5 Å². The lowest BCUT2D eigenvalue weighted by Gasteiger charge is -2.32. The standard InChI is InChI=1S/C22H22ClN3O7S/c1-13(27)15-10-14(23)6-7-18(15)25(33-34)8-4-5-9-31-20-11-16-17(12-19(20)26(29)30)24-21(28)32-22(16,2)3/h6-8,10-12H,4-5,9H2,1-3H3,(H-,24,28,34)/p+1. The number of hydrogen-bond acceptors (Lipinski definition) is 8. The molecular formula is C22H23ClN3O7S+. The summed E-state index contributed by atoms with van der Waals surface area (Å²) in [7, 11) is 0. The number of anilines is 1. The van der Waals surface area contributed by atoms with E-state index in [-0.39, 0.29) is 23.8 Å². The molecule has 1 N–H and O–H groups in total. The van der Waals surface area contributed by atoms with Gasteiger partial charge in [-0.15, -0.1) is 0 Å². The molecule has 0 unspecified atom stereocenters. The highest BCUT2D eigenvalue weighted by atomic mass is 35.5. The van der Waals surface area contributed by atoms with E-state index in [1.54, 1.807) is 38.3 Å². The van der Waals surface area contributed by atoms with E-state index in [0.717, 1.165) is 0 Å². The van der Waals surface area contributed by atoms with Gasteiger partial charge in [-0.1, -0.05) is 11.6 Å². The zero-order valence-electron chi connectivity index (χ0n) is 18.7. The van der Waals surface area contributed by atoms with E-state index in [9.17, 15) is 19.7 Å². The minimum Gasteiger partial charge on any atom is -0.487 e. The minimum absolute atomic E-state index is 0.0652. The van der Waals surface area contributed by atoms with Crippen molar-refractivity contribution < 1.29 is 33.0 Å². The molecule has 0 saturated carbocycles. The van der Waals surface area contributed by atoms with Crippen molar-refractivity contribution in [3.8, 4) is 5.75 Å². The van der Waals surface area contributed by atoms with E-state index in [1.807, 2.05) is 0 Å². The molecule has 34 heavy (non-hydrogen) atoms. The highest BCUT2D eigenvalue weighted by molar-refractivity contribution is 7.74. The highest BCUT2D eigenvalue weighted by Crippen LogP contribution is 2.42. The minimum atomic E-state index is -0.976. The summed E-state index contributed by atoms with van der Waals surface area (Å²) in [6, 6.07) is 7.58. The first-order valence-electron chi connectivity index (χ1n) is 10.2. The molecule has 2 aromatic rings. The van der Waals surface area contributed by atoms with E-state index < -0.39 is 16.6 Å². The Morgan fingerprint density at radius 2 is 2.03 bits per heavy atom. The zero-order chi connectivity index (χ0) is 25.0. The van der Waals surface area contributed by atoms with Crippen molar-refractivity contribution in [3.63, 3.8) is 0 Å². The molecule has 2 aromatic carbocycles. The number of carbonyl (C=O) groups is 2. The Hall–Kier alpha value is -3.31. The summed E-state index contributed by atoms with van der Waals surface area (Å²) in [5.41, 5.74) is 0.468. The monoisotopic (exact) mass is 508 g/mol. The fourth-order valence-electron chi connectivity index (χ4n) is 3.48. The molecule has 1 heterocycles. The number of fused-ring (bicyclic) bond motifs is 1. The van der Waals surface area contributed by atoms with Crippen LogP contribution in [0, 0.1) is 10.1 Å². The Bertz CT molecular complexity index is 1180. The molecule has 1 amide bonds. The summed E-state index contributed by atoms with van der Waals surface area (Å²) >= 11 is 9.84. The molecule has 0 radical (unpaired) electrons. The van der Waals surface area contributed by atoms with Gasteiger partial charge < -0.3 is 9.47 Å². The number of hydrogen-bond donors (Lipinski definition) is 2. The van der Waals surface area contributed by atoms with Crippen LogP contribution < -0.4 is 10.1 Å². The average Bonchev–Trinajstić information content (AvgIpc) is 2.75. The number of nitro groups is 1. The Balaban J connectivity index is 1.73. The van der Waals surface area contributed by atoms with Gasteiger partial charge in [-0.3, -0.25) is 20.2 Å². The largest absolute Gasteiger partial charge is 0.487 e. The number of nitro benzene ring substituents is 1. The quantitative estimate of drug-likeness (QED) is 0.0661. The molecule has 0 atom stereocenters. The van der Waals surface area contributed by atoms with Gasteiger partial charge in [0.1, 0.15) is 18.5 Å². The maximum Gasteiger partial charge on any atom is 0.412 e. The number of ketones is 1. The van der Waals surface area contributed by atoms with Crippen LogP contribution >= 0.6 is 24.5 Å². The van der Waals surface area contributed by atoms with Crippen molar-refractivity contribution in [2.75, 3.05) is 11.9 Å². The van der Waals surface area contributed by atoms with Gasteiger partial charge in [0.25, 0.3) is 5.69 Å². The molecule has 12 heteroatoms. The zero-order valence-corrected chi connectivity index (χ0v) is 20.3. The van der Waals surface area contributed by atoms with Gasteiger partial charge in [-0.25, -0.2) is 4.79 Å². The molecule has 0 saturated heterocycles. The fourth-order valence-corrected chi connectivity index (χ4v) is 3.81. The number of unbranched alkanes of at least 4 members (excludes halogenated alkanes) is 1. The van der Waals surface area contributed by atoms with Crippen molar-refractivity contribution in [1.29, 1.82) is 0 Å². The lowest BCUT2D eigenvalue weighted by atomic mass is 9.94. The predicted molar refractivity (Wildman–Crippen MR) is 128 cm³/mol. The van der Waals surface area contributed by atoms with Gasteiger partial charge in [-0.2, -0.15) is 4.28 Å². The van der Waals surface area contributed by atoms with E-state index in [2.05, 4.69) is 18.2 Å². The second-order valence-electron chi connectivity index (χ2n) is 7.95. The molecule has 0 bridgehead atoms. The van der Waals surface area contributed by atoms with E-state index in [1.165, 1.54) is 23.8 Å². The summed E-state index contributed by atoms with van der Waals surface area (Å²) in [5, 5.41) is 14.4. The van der Waals surface area contributed by atoms with Gasteiger partial charge in [0.15, 0.2) is 11.5 Å².